The summed E-state index contributed by atoms with van der Waals surface area (Å²) in [6.45, 7) is 2.63. The first kappa shape index (κ1) is 18.6. The van der Waals surface area contributed by atoms with Crippen LogP contribution in [0, 0.1) is 0 Å². The van der Waals surface area contributed by atoms with Gasteiger partial charge in [0.2, 0.25) is 5.91 Å². The third-order valence-corrected chi connectivity index (χ3v) is 4.03. The Morgan fingerprint density at radius 1 is 1.25 bits per heavy atom. The summed E-state index contributed by atoms with van der Waals surface area (Å²) < 4.78 is 44.8. The van der Waals surface area contributed by atoms with Gasteiger partial charge < -0.3 is 4.74 Å². The average molecular weight is 344 g/mol. The van der Waals surface area contributed by atoms with Gasteiger partial charge in [0.25, 0.3) is 0 Å². The van der Waals surface area contributed by atoms with Crippen LogP contribution in [-0.4, -0.2) is 36.3 Å². The number of hydrogen-bond acceptors (Lipinski definition) is 3. The molecular weight excluding hydrogens is 321 g/mol. The standard InChI is InChI=1S/C17H23F3N2O2/c1-2-24-14-9-7-13(8-10-14)5-3-4-6-15(17(18,19)20)22-12-11-16(23)21-22/h7-10,15H,2-6,11-12H2,1H3,(H,21,23). The molecule has 2 rings (SSSR count). The number of amides is 1. The van der Waals surface area contributed by atoms with Crippen LogP contribution in [0.4, 0.5) is 13.2 Å². The van der Waals surface area contributed by atoms with Crippen LogP contribution in [0.1, 0.15) is 38.2 Å². The fourth-order valence-corrected chi connectivity index (χ4v) is 2.81. The molecule has 4 nitrogen and oxygen atoms in total. The highest BCUT2D eigenvalue weighted by Gasteiger charge is 2.45. The maximum atomic E-state index is 13.2. The number of ether oxygens (including phenoxy) is 1. The van der Waals surface area contributed by atoms with E-state index in [1.807, 2.05) is 31.2 Å². The van der Waals surface area contributed by atoms with Crippen molar-refractivity contribution in [3.8, 4) is 5.75 Å². The maximum Gasteiger partial charge on any atom is 0.405 e. The lowest BCUT2D eigenvalue weighted by Gasteiger charge is -2.28. The number of rotatable bonds is 8. The number of hydrazine groups is 1. The van der Waals surface area contributed by atoms with E-state index >= 15 is 0 Å². The molecule has 134 valence electrons. The summed E-state index contributed by atoms with van der Waals surface area (Å²) in [5.41, 5.74) is 3.38. The molecule has 0 aromatic heterocycles. The molecule has 0 spiro atoms. The van der Waals surface area contributed by atoms with Crippen molar-refractivity contribution in [2.45, 2.75) is 51.2 Å². The SMILES string of the molecule is CCOc1ccc(CCCCC(N2CCC(=O)N2)C(F)(F)F)cc1. The van der Waals surface area contributed by atoms with Gasteiger partial charge in [-0.25, -0.2) is 5.01 Å². The number of aryl methyl sites for hydroxylation is 1. The number of benzene rings is 1. The molecule has 1 aromatic carbocycles. The highest BCUT2D eigenvalue weighted by atomic mass is 19.4. The van der Waals surface area contributed by atoms with Crippen molar-refractivity contribution in [1.82, 2.24) is 10.4 Å². The third-order valence-electron chi connectivity index (χ3n) is 4.03. The van der Waals surface area contributed by atoms with Gasteiger partial charge in [0.05, 0.1) is 6.61 Å². The molecular formula is C17H23F3N2O2. The Kier molecular flexibility index (Phi) is 6.48. The van der Waals surface area contributed by atoms with E-state index < -0.39 is 12.2 Å². The molecule has 1 aromatic rings. The molecule has 1 unspecified atom stereocenters. The van der Waals surface area contributed by atoms with E-state index in [4.69, 9.17) is 4.74 Å². The Morgan fingerprint density at radius 3 is 2.50 bits per heavy atom. The third kappa shape index (κ3) is 5.40. The minimum atomic E-state index is -4.34. The predicted octanol–water partition coefficient (Wildman–Crippen LogP) is 3.47. The van der Waals surface area contributed by atoms with Crippen LogP contribution < -0.4 is 10.2 Å². The first-order chi connectivity index (χ1) is 11.4. The summed E-state index contributed by atoms with van der Waals surface area (Å²) in [4.78, 5) is 11.1. The fourth-order valence-electron chi connectivity index (χ4n) is 2.81. The molecule has 1 aliphatic heterocycles. The second-order valence-corrected chi connectivity index (χ2v) is 5.86. The quantitative estimate of drug-likeness (QED) is 0.734. The summed E-state index contributed by atoms with van der Waals surface area (Å²) in [5.74, 6) is 0.446. The van der Waals surface area contributed by atoms with Gasteiger partial charge in [-0.2, -0.15) is 13.2 Å². The molecule has 1 atom stereocenters. The minimum absolute atomic E-state index is 0.0131. The second-order valence-electron chi connectivity index (χ2n) is 5.86. The number of hydrogen-bond donors (Lipinski definition) is 1. The molecule has 7 heteroatoms. The van der Waals surface area contributed by atoms with Crippen molar-refractivity contribution in [2.24, 2.45) is 0 Å². The van der Waals surface area contributed by atoms with Gasteiger partial charge in [-0.15, -0.1) is 0 Å². The van der Waals surface area contributed by atoms with Crippen molar-refractivity contribution >= 4 is 5.91 Å². The number of carbonyl (C=O) groups excluding carboxylic acids is 1. The predicted molar refractivity (Wildman–Crippen MR) is 84.5 cm³/mol. The zero-order chi connectivity index (χ0) is 17.6. The Bertz CT molecular complexity index is 532. The maximum absolute atomic E-state index is 13.2. The minimum Gasteiger partial charge on any atom is -0.494 e. The number of alkyl halides is 3. The first-order valence-electron chi connectivity index (χ1n) is 8.24. The van der Waals surface area contributed by atoms with E-state index in [0.29, 0.717) is 19.4 Å². The van der Waals surface area contributed by atoms with Gasteiger partial charge >= 0.3 is 6.18 Å². The van der Waals surface area contributed by atoms with E-state index in [-0.39, 0.29) is 25.3 Å². The van der Waals surface area contributed by atoms with Gasteiger partial charge in [0.1, 0.15) is 11.8 Å². The number of carbonyl (C=O) groups is 1. The van der Waals surface area contributed by atoms with E-state index in [2.05, 4.69) is 5.43 Å². The van der Waals surface area contributed by atoms with Gasteiger partial charge in [-0.05, 0) is 43.9 Å². The average Bonchev–Trinajstić information content (AvgIpc) is 2.94. The van der Waals surface area contributed by atoms with E-state index in [1.165, 1.54) is 0 Å². The van der Waals surface area contributed by atoms with E-state index in [9.17, 15) is 18.0 Å². The summed E-state index contributed by atoms with van der Waals surface area (Å²) in [6.07, 6.45) is -2.38. The Hall–Kier alpha value is -1.76. The number of nitrogens with one attached hydrogen (secondary N) is 1. The van der Waals surface area contributed by atoms with Crippen molar-refractivity contribution in [2.75, 3.05) is 13.2 Å². The van der Waals surface area contributed by atoms with Crippen LogP contribution >= 0.6 is 0 Å². The summed E-state index contributed by atoms with van der Waals surface area (Å²) in [7, 11) is 0. The molecule has 1 saturated heterocycles. The summed E-state index contributed by atoms with van der Waals surface area (Å²) in [5, 5.41) is 1.03. The summed E-state index contributed by atoms with van der Waals surface area (Å²) >= 11 is 0. The van der Waals surface area contributed by atoms with E-state index in [1.54, 1.807) is 0 Å². The lowest BCUT2D eigenvalue weighted by atomic mass is 10.0. The number of nitrogens with zero attached hydrogens (tertiary/aromatic N) is 1. The molecule has 0 saturated carbocycles. The molecule has 0 bridgehead atoms. The molecule has 24 heavy (non-hydrogen) atoms. The molecule has 0 aliphatic carbocycles. The molecule has 1 fully saturated rings. The number of halogens is 3. The number of unbranched alkanes of at least 4 members (excludes halogenated alkanes) is 1. The molecule has 1 aliphatic rings. The van der Waals surface area contributed by atoms with Gasteiger partial charge in [0.15, 0.2) is 0 Å². The normalized spacial score (nSPS) is 16.9. The topological polar surface area (TPSA) is 41.6 Å². The van der Waals surface area contributed by atoms with E-state index in [0.717, 1.165) is 22.7 Å². The lowest BCUT2D eigenvalue weighted by molar-refractivity contribution is -0.190. The van der Waals surface area contributed by atoms with Gasteiger partial charge in [-0.1, -0.05) is 18.6 Å². The highest BCUT2D eigenvalue weighted by Crippen LogP contribution is 2.29. The molecule has 1 heterocycles. The Labute approximate surface area is 139 Å². The molecule has 1 N–H and O–H groups in total. The second kappa shape index (κ2) is 8.37. The van der Waals surface area contributed by atoms with Crippen LogP contribution in [0.15, 0.2) is 24.3 Å². The van der Waals surface area contributed by atoms with Crippen LogP contribution in [0.3, 0.4) is 0 Å². The van der Waals surface area contributed by atoms with Crippen molar-refractivity contribution in [3.63, 3.8) is 0 Å². The van der Waals surface area contributed by atoms with Crippen LogP contribution in [0.25, 0.3) is 0 Å². The Morgan fingerprint density at radius 2 is 1.96 bits per heavy atom. The van der Waals surface area contributed by atoms with Crippen molar-refractivity contribution < 1.29 is 22.7 Å². The molecule has 0 radical (unpaired) electrons. The zero-order valence-corrected chi connectivity index (χ0v) is 13.7. The van der Waals surface area contributed by atoms with Crippen LogP contribution in [0.5, 0.6) is 5.75 Å². The van der Waals surface area contributed by atoms with Crippen molar-refractivity contribution in [1.29, 1.82) is 0 Å². The van der Waals surface area contributed by atoms with Gasteiger partial charge in [-0.3, -0.25) is 10.2 Å². The smallest absolute Gasteiger partial charge is 0.405 e. The van der Waals surface area contributed by atoms with Crippen molar-refractivity contribution in [3.05, 3.63) is 29.8 Å². The van der Waals surface area contributed by atoms with Crippen LogP contribution in [-0.2, 0) is 11.2 Å². The van der Waals surface area contributed by atoms with Gasteiger partial charge in [0, 0.05) is 13.0 Å². The fraction of sp³-hybridized carbons (Fsp3) is 0.588. The lowest BCUT2D eigenvalue weighted by Crippen LogP contribution is -2.49. The first-order valence-corrected chi connectivity index (χ1v) is 8.24. The molecule has 1 amide bonds. The Balaban J connectivity index is 1.79. The monoisotopic (exact) mass is 344 g/mol. The summed E-state index contributed by atoms with van der Waals surface area (Å²) in [6, 6.07) is 6.01. The zero-order valence-electron chi connectivity index (χ0n) is 13.7. The highest BCUT2D eigenvalue weighted by molar-refractivity contribution is 5.77. The largest absolute Gasteiger partial charge is 0.494 e. The van der Waals surface area contributed by atoms with Crippen LogP contribution in [0.2, 0.25) is 0 Å².